The van der Waals surface area contributed by atoms with Gasteiger partial charge in [0.25, 0.3) is 0 Å². The summed E-state index contributed by atoms with van der Waals surface area (Å²) in [6.07, 6.45) is 1.95. The Bertz CT molecular complexity index is 261. The van der Waals surface area contributed by atoms with Gasteiger partial charge in [0.2, 0.25) is 0 Å². The van der Waals surface area contributed by atoms with Crippen LogP contribution in [0, 0.1) is 0 Å². The Morgan fingerprint density at radius 1 is 1.64 bits per heavy atom. The minimum atomic E-state index is 0.239. The minimum Gasteiger partial charge on any atom is -0.382 e. The molecule has 0 aliphatic heterocycles. The highest BCUT2D eigenvalue weighted by Gasteiger charge is 2.06. The summed E-state index contributed by atoms with van der Waals surface area (Å²) in [4.78, 5) is 0. The fourth-order valence-electron chi connectivity index (χ4n) is 1.18. The van der Waals surface area contributed by atoms with Gasteiger partial charge in [0.15, 0.2) is 0 Å². The first kappa shape index (κ1) is 11.1. The Balaban J connectivity index is 2.49. The van der Waals surface area contributed by atoms with E-state index in [-0.39, 0.29) is 6.04 Å². The van der Waals surface area contributed by atoms with Crippen LogP contribution in [0.25, 0.3) is 0 Å². The van der Waals surface area contributed by atoms with E-state index in [4.69, 9.17) is 4.74 Å². The van der Waals surface area contributed by atoms with Crippen LogP contribution >= 0.6 is 0 Å². The van der Waals surface area contributed by atoms with Gasteiger partial charge in [0.05, 0.1) is 24.5 Å². The van der Waals surface area contributed by atoms with Gasteiger partial charge >= 0.3 is 0 Å². The zero-order valence-electron chi connectivity index (χ0n) is 9.03. The molecule has 1 atom stereocenters. The third-order valence-electron chi connectivity index (χ3n) is 1.97. The van der Waals surface area contributed by atoms with Crippen molar-refractivity contribution < 1.29 is 4.74 Å². The smallest absolute Gasteiger partial charge is 0.0964 e. The third-order valence-corrected chi connectivity index (χ3v) is 1.97. The Morgan fingerprint density at radius 3 is 3.07 bits per heavy atom. The number of rotatable bonds is 6. The predicted octanol–water partition coefficient (Wildman–Crippen LogP) is 0.595. The number of hydrogen-bond acceptors (Lipinski definition) is 4. The van der Waals surface area contributed by atoms with Gasteiger partial charge in [-0.3, -0.25) is 0 Å². The summed E-state index contributed by atoms with van der Waals surface area (Å²) < 4.78 is 6.87. The second-order valence-corrected chi connectivity index (χ2v) is 3.27. The van der Waals surface area contributed by atoms with Crippen molar-refractivity contribution in [3.8, 4) is 0 Å². The summed E-state index contributed by atoms with van der Waals surface area (Å²) >= 11 is 0. The Hall–Kier alpha value is -0.940. The highest BCUT2D eigenvalue weighted by molar-refractivity contribution is 4.92. The van der Waals surface area contributed by atoms with E-state index in [0.717, 1.165) is 18.8 Å². The second-order valence-electron chi connectivity index (χ2n) is 3.27. The van der Waals surface area contributed by atoms with Crippen LogP contribution in [0.3, 0.4) is 0 Å². The molecule has 5 heteroatoms. The lowest BCUT2D eigenvalue weighted by Gasteiger charge is -2.08. The third kappa shape index (κ3) is 3.08. The SMILES string of the molecule is CCNCc1cn(C(C)COC)nn1. The summed E-state index contributed by atoms with van der Waals surface area (Å²) in [5, 5.41) is 11.3. The van der Waals surface area contributed by atoms with Gasteiger partial charge in [-0.15, -0.1) is 5.10 Å². The van der Waals surface area contributed by atoms with E-state index < -0.39 is 0 Å². The lowest BCUT2D eigenvalue weighted by Crippen LogP contribution is -2.12. The van der Waals surface area contributed by atoms with Gasteiger partial charge in [-0.1, -0.05) is 12.1 Å². The van der Waals surface area contributed by atoms with E-state index in [1.54, 1.807) is 7.11 Å². The summed E-state index contributed by atoms with van der Waals surface area (Å²) in [5.74, 6) is 0. The minimum absolute atomic E-state index is 0.239. The molecule has 1 N–H and O–H groups in total. The monoisotopic (exact) mass is 198 g/mol. The second kappa shape index (κ2) is 5.72. The standard InChI is InChI=1S/C9H18N4O/c1-4-10-5-9-6-13(12-11-9)8(2)7-14-3/h6,8,10H,4-5,7H2,1-3H3. The molecule has 1 rings (SSSR count). The van der Waals surface area contributed by atoms with Crippen molar-refractivity contribution in [2.45, 2.75) is 26.4 Å². The number of nitrogens with zero attached hydrogens (tertiary/aromatic N) is 3. The summed E-state index contributed by atoms with van der Waals surface area (Å²) in [5.41, 5.74) is 0.967. The van der Waals surface area contributed by atoms with E-state index in [2.05, 4.69) is 29.5 Å². The van der Waals surface area contributed by atoms with Gasteiger partial charge < -0.3 is 10.1 Å². The maximum absolute atomic E-state index is 5.04. The molecule has 14 heavy (non-hydrogen) atoms. The van der Waals surface area contributed by atoms with E-state index in [0.29, 0.717) is 6.61 Å². The van der Waals surface area contributed by atoms with Crippen molar-refractivity contribution in [1.29, 1.82) is 0 Å². The number of nitrogens with one attached hydrogen (secondary N) is 1. The number of aromatic nitrogens is 3. The molecule has 0 fully saturated rings. The average molecular weight is 198 g/mol. The zero-order valence-corrected chi connectivity index (χ0v) is 9.03. The quantitative estimate of drug-likeness (QED) is 0.727. The van der Waals surface area contributed by atoms with Crippen molar-refractivity contribution in [3.63, 3.8) is 0 Å². The first-order valence-corrected chi connectivity index (χ1v) is 4.88. The van der Waals surface area contributed by atoms with Crippen LogP contribution < -0.4 is 5.32 Å². The van der Waals surface area contributed by atoms with E-state index >= 15 is 0 Å². The molecular weight excluding hydrogens is 180 g/mol. The molecule has 0 aliphatic carbocycles. The van der Waals surface area contributed by atoms with Crippen LogP contribution in [-0.4, -0.2) is 35.3 Å². The first-order valence-electron chi connectivity index (χ1n) is 4.88. The zero-order chi connectivity index (χ0) is 10.4. The Labute approximate surface area is 84.4 Å². The van der Waals surface area contributed by atoms with Crippen LogP contribution in [0.2, 0.25) is 0 Å². The number of methoxy groups -OCH3 is 1. The molecule has 0 aliphatic rings. The first-order chi connectivity index (χ1) is 6.77. The molecule has 0 spiro atoms. The molecule has 1 aromatic heterocycles. The molecule has 0 aromatic carbocycles. The van der Waals surface area contributed by atoms with E-state index in [9.17, 15) is 0 Å². The van der Waals surface area contributed by atoms with Gasteiger partial charge in [0.1, 0.15) is 0 Å². The van der Waals surface area contributed by atoms with Crippen molar-refractivity contribution in [3.05, 3.63) is 11.9 Å². The molecule has 5 nitrogen and oxygen atoms in total. The van der Waals surface area contributed by atoms with E-state index in [1.807, 2.05) is 10.9 Å². The van der Waals surface area contributed by atoms with Crippen LogP contribution in [0.1, 0.15) is 25.6 Å². The predicted molar refractivity (Wildman–Crippen MR) is 54.0 cm³/mol. The molecule has 0 radical (unpaired) electrons. The summed E-state index contributed by atoms with van der Waals surface area (Å²) in [7, 11) is 1.69. The fourth-order valence-corrected chi connectivity index (χ4v) is 1.18. The lowest BCUT2D eigenvalue weighted by atomic mass is 10.3. The van der Waals surface area contributed by atoms with Crippen LogP contribution in [-0.2, 0) is 11.3 Å². The topological polar surface area (TPSA) is 52.0 Å². The molecule has 0 amide bonds. The average Bonchev–Trinajstić information content (AvgIpc) is 2.63. The maximum atomic E-state index is 5.04. The van der Waals surface area contributed by atoms with Gasteiger partial charge in [-0.05, 0) is 13.5 Å². The van der Waals surface area contributed by atoms with Crippen LogP contribution in [0.4, 0.5) is 0 Å². The van der Waals surface area contributed by atoms with Gasteiger partial charge in [-0.25, -0.2) is 4.68 Å². The number of hydrogen-bond donors (Lipinski definition) is 1. The summed E-state index contributed by atoms with van der Waals surface area (Å²) in [6.45, 7) is 6.49. The molecule has 0 saturated heterocycles. The normalized spacial score (nSPS) is 13.1. The van der Waals surface area contributed by atoms with Crippen molar-refractivity contribution in [2.24, 2.45) is 0 Å². The molecule has 1 aromatic rings. The lowest BCUT2D eigenvalue weighted by molar-refractivity contribution is 0.156. The van der Waals surface area contributed by atoms with Crippen LogP contribution in [0.5, 0.6) is 0 Å². The molecule has 0 saturated carbocycles. The Kier molecular flexibility index (Phi) is 4.55. The highest BCUT2D eigenvalue weighted by Crippen LogP contribution is 2.04. The van der Waals surface area contributed by atoms with Crippen molar-refractivity contribution >= 4 is 0 Å². The van der Waals surface area contributed by atoms with Crippen molar-refractivity contribution in [2.75, 3.05) is 20.3 Å². The molecule has 80 valence electrons. The molecule has 0 bridgehead atoms. The fraction of sp³-hybridized carbons (Fsp3) is 0.778. The maximum Gasteiger partial charge on any atom is 0.0964 e. The van der Waals surface area contributed by atoms with Gasteiger partial charge in [0, 0.05) is 13.7 Å². The highest BCUT2D eigenvalue weighted by atomic mass is 16.5. The molecule has 1 heterocycles. The van der Waals surface area contributed by atoms with E-state index in [1.165, 1.54) is 0 Å². The van der Waals surface area contributed by atoms with Crippen molar-refractivity contribution in [1.82, 2.24) is 20.3 Å². The molecule has 1 unspecified atom stereocenters. The van der Waals surface area contributed by atoms with Crippen LogP contribution in [0.15, 0.2) is 6.20 Å². The largest absolute Gasteiger partial charge is 0.382 e. The Morgan fingerprint density at radius 2 is 2.43 bits per heavy atom. The molecular formula is C9H18N4O. The summed E-state index contributed by atoms with van der Waals surface area (Å²) in [6, 6.07) is 0.239. The number of ether oxygens (including phenoxy) is 1. The van der Waals surface area contributed by atoms with Gasteiger partial charge in [-0.2, -0.15) is 0 Å².